The van der Waals surface area contributed by atoms with Crippen molar-refractivity contribution in [1.29, 1.82) is 0 Å². The van der Waals surface area contributed by atoms with Crippen LogP contribution in [0.5, 0.6) is 0 Å². The molecule has 216 valence electrons. The highest BCUT2D eigenvalue weighted by molar-refractivity contribution is 7.25. The summed E-state index contributed by atoms with van der Waals surface area (Å²) in [5, 5.41) is 12.9. The first-order valence-electron chi connectivity index (χ1n) is 15.8. The van der Waals surface area contributed by atoms with Crippen molar-refractivity contribution in [1.82, 2.24) is 9.55 Å². The summed E-state index contributed by atoms with van der Waals surface area (Å²) in [4.78, 5) is 4.65. The van der Waals surface area contributed by atoms with Gasteiger partial charge in [-0.1, -0.05) is 84.9 Å². The Kier molecular flexibility index (Phi) is 5.32. The molecule has 46 heavy (non-hydrogen) atoms. The molecular formula is C43H28N2S. The van der Waals surface area contributed by atoms with Gasteiger partial charge in [0.05, 0.1) is 17.2 Å². The van der Waals surface area contributed by atoms with Crippen LogP contribution in [0.4, 0.5) is 0 Å². The molecule has 0 N–H and O–H groups in total. The van der Waals surface area contributed by atoms with Gasteiger partial charge in [-0.15, -0.1) is 11.3 Å². The standard InChI is InChI=1S/C43H28N2S/c1-25-15-18-33-30-11-4-3-9-28(30)29-10-5-6-13-32(29)42(33)40(25)41-26(2)16-19-36-43(41)34-21-22-44-24-37(34)45(36)27-17-20-39-35(23-27)31-12-7-8-14-38(31)46-39/h3-24H,1-2H3. The zero-order valence-corrected chi connectivity index (χ0v) is 26.3. The van der Waals surface area contributed by atoms with Crippen LogP contribution in [0.3, 0.4) is 0 Å². The third kappa shape index (κ3) is 3.44. The molecule has 0 saturated carbocycles. The smallest absolute Gasteiger partial charge is 0.0724 e. The molecular weight excluding hydrogens is 577 g/mol. The van der Waals surface area contributed by atoms with Gasteiger partial charge in [-0.05, 0) is 105 Å². The number of fused-ring (bicyclic) bond motifs is 12. The summed E-state index contributed by atoms with van der Waals surface area (Å²) in [6, 6.07) is 44.9. The van der Waals surface area contributed by atoms with E-state index in [9.17, 15) is 0 Å². The van der Waals surface area contributed by atoms with E-state index in [1.807, 2.05) is 23.7 Å². The first-order chi connectivity index (χ1) is 22.7. The highest BCUT2D eigenvalue weighted by Crippen LogP contribution is 2.47. The second-order valence-corrected chi connectivity index (χ2v) is 13.5. The van der Waals surface area contributed by atoms with Gasteiger partial charge in [-0.2, -0.15) is 0 Å². The van der Waals surface area contributed by atoms with E-state index < -0.39 is 0 Å². The largest absolute Gasteiger partial charge is 0.308 e. The first kappa shape index (κ1) is 25.8. The highest BCUT2D eigenvalue weighted by atomic mass is 32.1. The van der Waals surface area contributed by atoms with E-state index in [-0.39, 0.29) is 0 Å². The zero-order chi connectivity index (χ0) is 30.5. The van der Waals surface area contributed by atoms with Crippen molar-refractivity contribution in [3.05, 3.63) is 145 Å². The van der Waals surface area contributed by atoms with Crippen LogP contribution < -0.4 is 0 Å². The van der Waals surface area contributed by atoms with Crippen molar-refractivity contribution in [3.8, 4) is 16.8 Å². The minimum absolute atomic E-state index is 1.12. The number of aromatic nitrogens is 2. The van der Waals surface area contributed by atoms with E-state index in [4.69, 9.17) is 0 Å². The van der Waals surface area contributed by atoms with Crippen molar-refractivity contribution in [3.63, 3.8) is 0 Å². The van der Waals surface area contributed by atoms with Crippen molar-refractivity contribution in [2.45, 2.75) is 13.8 Å². The molecule has 0 fully saturated rings. The molecule has 10 rings (SSSR count). The first-order valence-corrected chi connectivity index (χ1v) is 16.6. The Labute approximate surface area is 269 Å². The fourth-order valence-corrected chi connectivity index (χ4v) is 9.02. The summed E-state index contributed by atoms with van der Waals surface area (Å²) in [5.41, 5.74) is 8.65. The van der Waals surface area contributed by atoms with E-state index in [0.29, 0.717) is 0 Å². The van der Waals surface area contributed by atoms with Crippen LogP contribution in [-0.4, -0.2) is 9.55 Å². The molecule has 3 aromatic heterocycles. The molecule has 0 radical (unpaired) electrons. The number of pyridine rings is 1. The Morgan fingerprint density at radius 3 is 1.87 bits per heavy atom. The lowest BCUT2D eigenvalue weighted by molar-refractivity contribution is 1.17. The van der Waals surface area contributed by atoms with E-state index in [2.05, 4.69) is 145 Å². The van der Waals surface area contributed by atoms with Gasteiger partial charge in [0.2, 0.25) is 0 Å². The molecule has 0 aliphatic carbocycles. The summed E-state index contributed by atoms with van der Waals surface area (Å²) >= 11 is 1.86. The van der Waals surface area contributed by atoms with Crippen LogP contribution in [0.15, 0.2) is 134 Å². The van der Waals surface area contributed by atoms with Crippen molar-refractivity contribution < 1.29 is 0 Å². The Hall–Kier alpha value is -5.51. The van der Waals surface area contributed by atoms with Crippen LogP contribution in [0.1, 0.15) is 11.1 Å². The van der Waals surface area contributed by atoms with Gasteiger partial charge in [-0.25, -0.2) is 0 Å². The van der Waals surface area contributed by atoms with Crippen LogP contribution in [0.25, 0.3) is 91.1 Å². The second kappa shape index (κ2) is 9.50. The molecule has 3 heteroatoms. The number of benzene rings is 7. The Balaban J connectivity index is 1.37. The van der Waals surface area contributed by atoms with Crippen molar-refractivity contribution in [2.75, 3.05) is 0 Å². The van der Waals surface area contributed by atoms with Gasteiger partial charge in [0.1, 0.15) is 0 Å². The summed E-state index contributed by atoms with van der Waals surface area (Å²) in [7, 11) is 0. The molecule has 0 saturated heterocycles. The summed E-state index contributed by atoms with van der Waals surface area (Å²) in [6.45, 7) is 4.54. The molecule has 0 bridgehead atoms. The molecule has 2 nitrogen and oxygen atoms in total. The minimum Gasteiger partial charge on any atom is -0.308 e. The van der Waals surface area contributed by atoms with Gasteiger partial charge < -0.3 is 4.57 Å². The van der Waals surface area contributed by atoms with Crippen LogP contribution in [0, 0.1) is 13.8 Å². The van der Waals surface area contributed by atoms with E-state index >= 15 is 0 Å². The number of thiophene rings is 1. The quantitative estimate of drug-likeness (QED) is 0.180. The average Bonchev–Trinajstić information content (AvgIpc) is 3.64. The monoisotopic (exact) mass is 604 g/mol. The van der Waals surface area contributed by atoms with Gasteiger partial charge in [-0.3, -0.25) is 4.98 Å². The van der Waals surface area contributed by atoms with E-state index in [0.717, 1.165) is 11.2 Å². The molecule has 0 atom stereocenters. The number of rotatable bonds is 2. The highest BCUT2D eigenvalue weighted by Gasteiger charge is 2.22. The third-order valence-corrected chi connectivity index (χ3v) is 11.1. The van der Waals surface area contributed by atoms with Crippen molar-refractivity contribution >= 4 is 85.6 Å². The molecule has 0 aliphatic heterocycles. The third-order valence-electron chi connectivity index (χ3n) is 9.93. The second-order valence-electron chi connectivity index (χ2n) is 12.4. The maximum Gasteiger partial charge on any atom is 0.0724 e. The van der Waals surface area contributed by atoms with E-state index in [1.54, 1.807) is 0 Å². The lowest BCUT2D eigenvalue weighted by atomic mass is 9.84. The normalized spacial score (nSPS) is 12.1. The predicted octanol–water partition coefficient (Wildman–Crippen LogP) is 12.3. The Bertz CT molecular complexity index is 2850. The van der Waals surface area contributed by atoms with Crippen LogP contribution >= 0.6 is 11.3 Å². The molecule has 10 aromatic rings. The molecule has 7 aromatic carbocycles. The fraction of sp³-hybridized carbons (Fsp3) is 0.0465. The summed E-state index contributed by atoms with van der Waals surface area (Å²) in [5.74, 6) is 0. The molecule has 0 unspecified atom stereocenters. The number of hydrogen-bond donors (Lipinski definition) is 0. The fourth-order valence-electron chi connectivity index (χ4n) is 7.94. The number of nitrogens with zero attached hydrogens (tertiary/aromatic N) is 2. The average molecular weight is 605 g/mol. The van der Waals surface area contributed by atoms with Crippen molar-refractivity contribution in [2.24, 2.45) is 0 Å². The lowest BCUT2D eigenvalue weighted by Crippen LogP contribution is -1.96. The summed E-state index contributed by atoms with van der Waals surface area (Å²) < 4.78 is 5.05. The maximum atomic E-state index is 4.65. The topological polar surface area (TPSA) is 17.8 Å². The zero-order valence-electron chi connectivity index (χ0n) is 25.5. The van der Waals surface area contributed by atoms with Gasteiger partial charge >= 0.3 is 0 Å². The van der Waals surface area contributed by atoms with Crippen LogP contribution in [0.2, 0.25) is 0 Å². The molecule has 0 aliphatic rings. The van der Waals surface area contributed by atoms with Crippen LogP contribution in [-0.2, 0) is 0 Å². The van der Waals surface area contributed by atoms with Gasteiger partial charge in [0, 0.05) is 42.8 Å². The Morgan fingerprint density at radius 1 is 0.478 bits per heavy atom. The number of hydrogen-bond acceptors (Lipinski definition) is 2. The minimum atomic E-state index is 1.12. The maximum absolute atomic E-state index is 4.65. The van der Waals surface area contributed by atoms with E-state index in [1.165, 1.54) is 91.0 Å². The molecule has 3 heterocycles. The SMILES string of the molecule is Cc1ccc2c3ccccc3c3ccccc3c2c1-c1c(C)ccc2c1c1ccncc1n2-c1ccc2sc3ccccc3c2c1. The molecule has 0 spiro atoms. The van der Waals surface area contributed by atoms with Gasteiger partial charge in [0.15, 0.2) is 0 Å². The lowest BCUT2D eigenvalue weighted by Gasteiger charge is -2.19. The number of aryl methyl sites for hydroxylation is 2. The molecule has 0 amide bonds. The summed E-state index contributed by atoms with van der Waals surface area (Å²) in [6.07, 6.45) is 3.97. The van der Waals surface area contributed by atoms with Gasteiger partial charge in [0.25, 0.3) is 0 Å². The predicted molar refractivity (Wildman–Crippen MR) is 199 cm³/mol. The Morgan fingerprint density at radius 2 is 1.09 bits per heavy atom.